The van der Waals surface area contributed by atoms with Crippen molar-refractivity contribution in [1.82, 2.24) is 4.90 Å². The van der Waals surface area contributed by atoms with Gasteiger partial charge in [-0.15, -0.1) is 0 Å². The number of allylic oxidation sites excluding steroid dienone is 1. The van der Waals surface area contributed by atoms with Crippen LogP contribution in [-0.2, 0) is 23.9 Å². The van der Waals surface area contributed by atoms with Gasteiger partial charge in [0.25, 0.3) is 5.72 Å². The van der Waals surface area contributed by atoms with E-state index in [0.29, 0.717) is 13.0 Å². The van der Waals surface area contributed by atoms with E-state index in [9.17, 15) is 14.4 Å². The van der Waals surface area contributed by atoms with Gasteiger partial charge in [0.2, 0.25) is 5.91 Å². The van der Waals surface area contributed by atoms with Crippen LogP contribution >= 0.6 is 12.6 Å². The Labute approximate surface area is 135 Å². The van der Waals surface area contributed by atoms with Crippen molar-refractivity contribution >= 4 is 30.5 Å². The smallest absolute Gasteiger partial charge is 0.373 e. The molecule has 2 aliphatic rings. The summed E-state index contributed by atoms with van der Waals surface area (Å²) in [5, 5.41) is 0. The van der Waals surface area contributed by atoms with Crippen LogP contribution in [0.3, 0.4) is 0 Å². The highest BCUT2D eigenvalue weighted by Crippen LogP contribution is 2.41. The second-order valence-corrected chi connectivity index (χ2v) is 5.92. The average molecular weight is 327 g/mol. The highest BCUT2D eigenvalue weighted by molar-refractivity contribution is 7.80. The third kappa shape index (κ3) is 2.86. The molecule has 7 heteroatoms. The first-order valence-electron chi connectivity index (χ1n) is 7.41. The highest BCUT2D eigenvalue weighted by Gasteiger charge is 2.63. The Bertz CT molecular complexity index is 516. The molecular formula is C15H21NO5S. The summed E-state index contributed by atoms with van der Waals surface area (Å²) in [5.41, 5.74) is -0.543. The molecule has 2 heterocycles. The Kier molecular flexibility index (Phi) is 5.16. The zero-order chi connectivity index (χ0) is 16.3. The summed E-state index contributed by atoms with van der Waals surface area (Å²) in [4.78, 5) is 37.4. The lowest BCUT2D eigenvalue weighted by molar-refractivity contribution is -0.211. The van der Waals surface area contributed by atoms with Gasteiger partial charge in [-0.1, -0.05) is 12.5 Å². The lowest BCUT2D eigenvalue weighted by Gasteiger charge is -2.44. The standard InChI is InChI=1S/C15H21NO5S/c1-3-10(2)5-7-20-14(19)15(16-6-4-12(16)17)11(9-22)8-13(18)21-15/h5,11,22H,3-4,6-9H2,1-2H3/b10-5+/t11-,15+/m0/s1. The van der Waals surface area contributed by atoms with Gasteiger partial charge < -0.3 is 9.47 Å². The molecule has 2 saturated heterocycles. The van der Waals surface area contributed by atoms with Gasteiger partial charge in [-0.2, -0.15) is 12.6 Å². The Morgan fingerprint density at radius 2 is 2.27 bits per heavy atom. The van der Waals surface area contributed by atoms with Crippen LogP contribution in [-0.4, -0.2) is 47.4 Å². The minimum atomic E-state index is -1.64. The molecule has 0 aromatic heterocycles. The molecule has 0 aromatic rings. The lowest BCUT2D eigenvalue weighted by atomic mass is 9.92. The summed E-state index contributed by atoms with van der Waals surface area (Å²) in [6.07, 6.45) is 3.07. The number of hydrogen-bond acceptors (Lipinski definition) is 6. The summed E-state index contributed by atoms with van der Waals surface area (Å²) in [6.45, 7) is 4.42. The number of carbonyl (C=O) groups excluding carboxylic acids is 3. The van der Waals surface area contributed by atoms with E-state index in [1.54, 1.807) is 6.08 Å². The molecule has 0 spiro atoms. The fourth-order valence-electron chi connectivity index (χ4n) is 2.59. The summed E-state index contributed by atoms with van der Waals surface area (Å²) in [6, 6.07) is 0. The summed E-state index contributed by atoms with van der Waals surface area (Å²) >= 11 is 4.20. The number of cyclic esters (lactones) is 1. The third-order valence-electron chi connectivity index (χ3n) is 4.20. The fraction of sp³-hybridized carbons (Fsp3) is 0.667. The number of likely N-dealkylation sites (tertiary alicyclic amines) is 1. The second-order valence-electron chi connectivity index (χ2n) is 5.55. The van der Waals surface area contributed by atoms with Crippen molar-refractivity contribution in [3.05, 3.63) is 11.6 Å². The number of amides is 1. The van der Waals surface area contributed by atoms with Gasteiger partial charge in [0, 0.05) is 18.9 Å². The van der Waals surface area contributed by atoms with Crippen molar-refractivity contribution in [1.29, 1.82) is 0 Å². The van der Waals surface area contributed by atoms with Gasteiger partial charge >= 0.3 is 11.9 Å². The number of β-lactam (4-membered cyclic amide) rings is 1. The maximum atomic E-state index is 12.6. The van der Waals surface area contributed by atoms with Gasteiger partial charge in [0.15, 0.2) is 0 Å². The molecule has 0 N–H and O–H groups in total. The number of rotatable bonds is 6. The van der Waals surface area contributed by atoms with Gasteiger partial charge in [-0.3, -0.25) is 14.5 Å². The van der Waals surface area contributed by atoms with Crippen molar-refractivity contribution in [2.75, 3.05) is 18.9 Å². The monoisotopic (exact) mass is 327 g/mol. The summed E-state index contributed by atoms with van der Waals surface area (Å²) in [5.74, 6) is -1.63. The van der Waals surface area contributed by atoms with Crippen LogP contribution in [0, 0.1) is 5.92 Å². The Morgan fingerprint density at radius 3 is 2.77 bits per heavy atom. The van der Waals surface area contributed by atoms with Crippen LogP contribution in [0.15, 0.2) is 11.6 Å². The lowest BCUT2D eigenvalue weighted by Crippen LogP contribution is -2.66. The van der Waals surface area contributed by atoms with E-state index in [0.717, 1.165) is 12.0 Å². The average Bonchev–Trinajstić information content (AvgIpc) is 2.82. The van der Waals surface area contributed by atoms with Crippen molar-refractivity contribution in [3.8, 4) is 0 Å². The Morgan fingerprint density at radius 1 is 1.55 bits per heavy atom. The van der Waals surface area contributed by atoms with Crippen LogP contribution in [0.5, 0.6) is 0 Å². The molecule has 0 saturated carbocycles. The molecular weight excluding hydrogens is 306 g/mol. The summed E-state index contributed by atoms with van der Waals surface area (Å²) < 4.78 is 10.6. The van der Waals surface area contributed by atoms with Gasteiger partial charge in [-0.05, 0) is 25.2 Å². The van der Waals surface area contributed by atoms with E-state index in [2.05, 4.69) is 12.6 Å². The fourth-order valence-corrected chi connectivity index (χ4v) is 2.97. The highest BCUT2D eigenvalue weighted by atomic mass is 32.1. The van der Waals surface area contributed by atoms with Crippen molar-refractivity contribution < 1.29 is 23.9 Å². The first kappa shape index (κ1) is 16.9. The first-order valence-corrected chi connectivity index (χ1v) is 8.05. The maximum Gasteiger partial charge on any atom is 0.373 e. The molecule has 6 nitrogen and oxygen atoms in total. The van der Waals surface area contributed by atoms with Gasteiger partial charge in [0.05, 0.1) is 6.42 Å². The normalized spacial score (nSPS) is 28.4. The molecule has 0 aromatic carbocycles. The molecule has 2 fully saturated rings. The van der Waals surface area contributed by atoms with E-state index in [-0.39, 0.29) is 24.7 Å². The second kappa shape index (κ2) is 6.73. The van der Waals surface area contributed by atoms with E-state index in [1.807, 2.05) is 13.8 Å². The molecule has 22 heavy (non-hydrogen) atoms. The number of carbonyl (C=O) groups is 3. The van der Waals surface area contributed by atoms with Crippen molar-refractivity contribution in [2.45, 2.75) is 38.8 Å². The van der Waals surface area contributed by atoms with Gasteiger partial charge in [0.1, 0.15) is 6.61 Å². The number of ether oxygens (including phenoxy) is 2. The Balaban J connectivity index is 2.19. The minimum Gasteiger partial charge on any atom is -0.457 e. The molecule has 2 atom stereocenters. The zero-order valence-electron chi connectivity index (χ0n) is 12.8. The molecule has 2 aliphatic heterocycles. The SMILES string of the molecule is CC/C(C)=C/COC(=O)[C@]1(N2CCC2=O)OC(=O)C[C@H]1CS. The van der Waals surface area contributed by atoms with E-state index in [1.165, 1.54) is 4.90 Å². The van der Waals surface area contributed by atoms with Crippen molar-refractivity contribution in [3.63, 3.8) is 0 Å². The number of esters is 2. The van der Waals surface area contributed by atoms with Crippen LogP contribution < -0.4 is 0 Å². The predicted molar refractivity (Wildman–Crippen MR) is 82.1 cm³/mol. The van der Waals surface area contributed by atoms with Crippen LogP contribution in [0.25, 0.3) is 0 Å². The van der Waals surface area contributed by atoms with Crippen LogP contribution in [0.2, 0.25) is 0 Å². The molecule has 122 valence electrons. The number of hydrogen-bond donors (Lipinski definition) is 1. The zero-order valence-corrected chi connectivity index (χ0v) is 13.7. The summed E-state index contributed by atoms with van der Waals surface area (Å²) in [7, 11) is 0. The topological polar surface area (TPSA) is 72.9 Å². The Hall–Kier alpha value is -1.50. The van der Waals surface area contributed by atoms with E-state index in [4.69, 9.17) is 9.47 Å². The molecule has 0 unspecified atom stereocenters. The molecule has 0 aliphatic carbocycles. The molecule has 0 bridgehead atoms. The predicted octanol–water partition coefficient (Wildman–Crippen LogP) is 1.31. The molecule has 2 rings (SSSR count). The largest absolute Gasteiger partial charge is 0.457 e. The maximum absolute atomic E-state index is 12.6. The third-order valence-corrected chi connectivity index (χ3v) is 4.64. The minimum absolute atomic E-state index is 0.0617. The quantitative estimate of drug-likeness (QED) is 0.345. The van der Waals surface area contributed by atoms with Crippen molar-refractivity contribution in [2.24, 2.45) is 5.92 Å². The van der Waals surface area contributed by atoms with Gasteiger partial charge in [-0.25, -0.2) is 4.79 Å². The van der Waals surface area contributed by atoms with E-state index < -0.39 is 23.6 Å². The molecule has 0 radical (unpaired) electrons. The molecule has 1 amide bonds. The van der Waals surface area contributed by atoms with E-state index >= 15 is 0 Å². The van der Waals surface area contributed by atoms with Crippen LogP contribution in [0.4, 0.5) is 0 Å². The van der Waals surface area contributed by atoms with Crippen LogP contribution in [0.1, 0.15) is 33.1 Å². The number of thiol groups is 1. The number of nitrogens with zero attached hydrogens (tertiary/aromatic N) is 1. The first-order chi connectivity index (χ1) is 10.5.